The number of aromatic nitrogens is 1. The maximum atomic E-state index is 12.2. The zero-order chi connectivity index (χ0) is 16.4. The first-order valence-electron chi connectivity index (χ1n) is 6.75. The van der Waals surface area contributed by atoms with Crippen LogP contribution in [0.4, 0.5) is 5.13 Å². The lowest BCUT2D eigenvalue weighted by molar-refractivity contribution is -0.117. The van der Waals surface area contributed by atoms with Crippen molar-refractivity contribution in [3.8, 4) is 0 Å². The summed E-state index contributed by atoms with van der Waals surface area (Å²) in [5.41, 5.74) is 0.841. The summed E-state index contributed by atoms with van der Waals surface area (Å²) in [6.45, 7) is 1.64. The average molecular weight is 410 g/mol. The first-order valence-corrected chi connectivity index (χ1v) is 9.18. The lowest BCUT2D eigenvalue weighted by Crippen LogP contribution is -2.41. The van der Waals surface area contributed by atoms with E-state index >= 15 is 0 Å². The zero-order valence-corrected chi connectivity index (χ0v) is 15.2. The van der Waals surface area contributed by atoms with Crippen molar-refractivity contribution in [1.29, 1.82) is 0 Å². The Morgan fingerprint density at radius 3 is 2.65 bits per heavy atom. The molecule has 0 saturated heterocycles. The number of rotatable bonds is 4. The van der Waals surface area contributed by atoms with Gasteiger partial charge < -0.3 is 10.6 Å². The second-order valence-corrected chi connectivity index (χ2v) is 8.27. The van der Waals surface area contributed by atoms with Crippen LogP contribution in [0, 0.1) is 0 Å². The van der Waals surface area contributed by atoms with Gasteiger partial charge in [0.1, 0.15) is 6.04 Å². The Bertz CT molecular complexity index is 841. The molecule has 3 aromatic rings. The number of thiazole rings is 1. The summed E-state index contributed by atoms with van der Waals surface area (Å²) in [7, 11) is 0. The molecule has 0 aliphatic carbocycles. The Morgan fingerprint density at radius 1 is 1.17 bits per heavy atom. The summed E-state index contributed by atoms with van der Waals surface area (Å²) in [6.07, 6.45) is 0. The topological polar surface area (TPSA) is 71.1 Å². The Labute approximate surface area is 148 Å². The van der Waals surface area contributed by atoms with Gasteiger partial charge in [0.25, 0.3) is 5.91 Å². The smallest absolute Gasteiger partial charge is 0.262 e. The van der Waals surface area contributed by atoms with Crippen molar-refractivity contribution in [2.45, 2.75) is 13.0 Å². The SMILES string of the molecule is C[C@H](NC(=O)c1ccc(Br)s1)C(=O)Nc1nc2ccccc2s1. The molecule has 23 heavy (non-hydrogen) atoms. The minimum absolute atomic E-state index is 0.271. The molecule has 0 bridgehead atoms. The quantitative estimate of drug-likeness (QED) is 0.686. The number of thiophene rings is 1. The molecule has 0 saturated carbocycles. The van der Waals surface area contributed by atoms with Crippen molar-refractivity contribution in [3.63, 3.8) is 0 Å². The van der Waals surface area contributed by atoms with Crippen LogP contribution in [0.15, 0.2) is 40.2 Å². The summed E-state index contributed by atoms with van der Waals surface area (Å²) in [5, 5.41) is 5.94. The number of hydrogen-bond acceptors (Lipinski definition) is 5. The van der Waals surface area contributed by atoms with Gasteiger partial charge in [0.2, 0.25) is 5.91 Å². The summed E-state index contributed by atoms with van der Waals surface area (Å²) in [5.74, 6) is -0.569. The standard InChI is InChI=1S/C15H12BrN3O2S2/c1-8(17-14(21)11-6-7-12(16)22-11)13(20)19-15-18-9-4-2-3-5-10(9)23-15/h2-8H,1H3,(H,17,21)(H,18,19,20)/t8-/m0/s1. The van der Waals surface area contributed by atoms with E-state index in [0.717, 1.165) is 14.0 Å². The van der Waals surface area contributed by atoms with Crippen molar-refractivity contribution in [2.75, 3.05) is 5.32 Å². The van der Waals surface area contributed by atoms with Gasteiger partial charge in [-0.05, 0) is 47.1 Å². The average Bonchev–Trinajstić information content (AvgIpc) is 3.12. The van der Waals surface area contributed by atoms with E-state index in [-0.39, 0.29) is 11.8 Å². The minimum atomic E-state index is -0.657. The van der Waals surface area contributed by atoms with E-state index in [0.29, 0.717) is 10.0 Å². The number of anilines is 1. The van der Waals surface area contributed by atoms with Crippen molar-refractivity contribution in [3.05, 3.63) is 45.1 Å². The van der Waals surface area contributed by atoms with E-state index < -0.39 is 6.04 Å². The molecule has 0 aliphatic heterocycles. The number of amides is 2. The largest absolute Gasteiger partial charge is 0.340 e. The monoisotopic (exact) mass is 409 g/mol. The summed E-state index contributed by atoms with van der Waals surface area (Å²) < 4.78 is 1.87. The van der Waals surface area contributed by atoms with E-state index in [1.165, 1.54) is 22.7 Å². The van der Waals surface area contributed by atoms with Crippen LogP contribution in [-0.2, 0) is 4.79 Å². The number of nitrogens with one attached hydrogen (secondary N) is 2. The van der Waals surface area contributed by atoms with Crippen LogP contribution >= 0.6 is 38.6 Å². The molecule has 1 atom stereocenters. The van der Waals surface area contributed by atoms with E-state index in [1.54, 1.807) is 19.1 Å². The maximum absolute atomic E-state index is 12.2. The molecule has 2 heterocycles. The number of fused-ring (bicyclic) bond motifs is 1. The molecule has 3 rings (SSSR count). The highest BCUT2D eigenvalue weighted by Gasteiger charge is 2.19. The molecule has 0 radical (unpaired) electrons. The van der Waals surface area contributed by atoms with Crippen LogP contribution in [0.5, 0.6) is 0 Å². The van der Waals surface area contributed by atoms with Crippen molar-refractivity contribution in [1.82, 2.24) is 10.3 Å². The third-order valence-corrected chi connectivity index (χ3v) is 5.64. The van der Waals surface area contributed by atoms with Crippen LogP contribution < -0.4 is 10.6 Å². The second kappa shape index (κ2) is 6.77. The van der Waals surface area contributed by atoms with Crippen LogP contribution in [0.25, 0.3) is 10.2 Å². The van der Waals surface area contributed by atoms with Crippen LogP contribution in [0.1, 0.15) is 16.6 Å². The highest BCUT2D eigenvalue weighted by molar-refractivity contribution is 9.11. The van der Waals surface area contributed by atoms with Crippen LogP contribution in [0.2, 0.25) is 0 Å². The summed E-state index contributed by atoms with van der Waals surface area (Å²) in [4.78, 5) is 29.1. The molecule has 2 amide bonds. The number of nitrogens with zero attached hydrogens (tertiary/aromatic N) is 1. The van der Waals surface area contributed by atoms with Gasteiger partial charge in [-0.3, -0.25) is 9.59 Å². The number of hydrogen-bond donors (Lipinski definition) is 2. The van der Waals surface area contributed by atoms with Gasteiger partial charge in [0.05, 0.1) is 18.9 Å². The molecule has 0 aliphatic rings. The molecule has 2 N–H and O–H groups in total. The second-order valence-electron chi connectivity index (χ2n) is 4.77. The Hall–Kier alpha value is -1.77. The lowest BCUT2D eigenvalue weighted by atomic mass is 10.3. The number of para-hydroxylation sites is 1. The third kappa shape index (κ3) is 3.77. The normalized spacial score (nSPS) is 12.1. The van der Waals surface area contributed by atoms with E-state index in [4.69, 9.17) is 0 Å². The van der Waals surface area contributed by atoms with Gasteiger partial charge in [0, 0.05) is 0 Å². The van der Waals surface area contributed by atoms with E-state index in [9.17, 15) is 9.59 Å². The number of carbonyl (C=O) groups excluding carboxylic acids is 2. The van der Waals surface area contributed by atoms with Gasteiger partial charge in [-0.1, -0.05) is 23.5 Å². The van der Waals surface area contributed by atoms with Crippen molar-refractivity contribution < 1.29 is 9.59 Å². The van der Waals surface area contributed by atoms with Gasteiger partial charge in [-0.2, -0.15) is 0 Å². The molecule has 8 heteroatoms. The fourth-order valence-electron chi connectivity index (χ4n) is 1.91. The highest BCUT2D eigenvalue weighted by Crippen LogP contribution is 2.25. The van der Waals surface area contributed by atoms with Gasteiger partial charge >= 0.3 is 0 Å². The van der Waals surface area contributed by atoms with Crippen molar-refractivity contribution in [2.24, 2.45) is 0 Å². The molecule has 0 spiro atoms. The number of halogens is 1. The first-order chi connectivity index (χ1) is 11.0. The fourth-order valence-corrected chi connectivity index (χ4v) is 4.07. The van der Waals surface area contributed by atoms with Crippen LogP contribution in [0.3, 0.4) is 0 Å². The molecule has 5 nitrogen and oxygen atoms in total. The lowest BCUT2D eigenvalue weighted by Gasteiger charge is -2.12. The van der Waals surface area contributed by atoms with Gasteiger partial charge in [-0.15, -0.1) is 11.3 Å². The predicted octanol–water partition coefficient (Wildman–Crippen LogP) is 3.88. The zero-order valence-electron chi connectivity index (χ0n) is 12.0. The molecule has 0 fully saturated rings. The Balaban J connectivity index is 1.64. The van der Waals surface area contributed by atoms with Gasteiger partial charge in [0.15, 0.2) is 5.13 Å². The minimum Gasteiger partial charge on any atom is -0.340 e. The summed E-state index contributed by atoms with van der Waals surface area (Å²) in [6, 6.07) is 10.5. The Kier molecular flexibility index (Phi) is 4.74. The molecule has 0 unspecified atom stereocenters. The predicted molar refractivity (Wildman–Crippen MR) is 97.2 cm³/mol. The first kappa shape index (κ1) is 16.1. The third-order valence-electron chi connectivity index (χ3n) is 3.06. The molecule has 1 aromatic carbocycles. The molecular weight excluding hydrogens is 398 g/mol. The van der Waals surface area contributed by atoms with Crippen molar-refractivity contribution >= 4 is 65.8 Å². The molecule has 2 aromatic heterocycles. The number of benzene rings is 1. The summed E-state index contributed by atoms with van der Waals surface area (Å²) >= 11 is 6.03. The number of carbonyl (C=O) groups is 2. The molecular formula is C15H12BrN3O2S2. The molecule has 118 valence electrons. The highest BCUT2D eigenvalue weighted by atomic mass is 79.9. The van der Waals surface area contributed by atoms with E-state index in [1.807, 2.05) is 24.3 Å². The maximum Gasteiger partial charge on any atom is 0.262 e. The van der Waals surface area contributed by atoms with Crippen LogP contribution in [-0.4, -0.2) is 22.8 Å². The van der Waals surface area contributed by atoms with Gasteiger partial charge in [-0.25, -0.2) is 4.98 Å². The van der Waals surface area contributed by atoms with E-state index in [2.05, 4.69) is 31.5 Å². The Morgan fingerprint density at radius 2 is 1.96 bits per heavy atom. The fraction of sp³-hybridized carbons (Fsp3) is 0.133.